The molecule has 0 unspecified atom stereocenters. The predicted molar refractivity (Wildman–Crippen MR) is 62.8 cm³/mol. The molecule has 0 bridgehead atoms. The van der Waals surface area contributed by atoms with Gasteiger partial charge in [-0.15, -0.1) is 0 Å². The summed E-state index contributed by atoms with van der Waals surface area (Å²) in [6.07, 6.45) is 0. The molecular weight excluding hydrogens is 212 g/mol. The smallest absolute Gasteiger partial charge is 0.0949 e. The Morgan fingerprint density at radius 2 is 2.13 bits per heavy atom. The van der Waals surface area contributed by atoms with E-state index in [1.54, 1.807) is 0 Å². The highest BCUT2D eigenvalue weighted by Crippen LogP contribution is 2.21. The second kappa shape index (κ2) is 5.49. The molecule has 0 aromatic carbocycles. The molecule has 1 aromatic heterocycles. The lowest BCUT2D eigenvalue weighted by Crippen LogP contribution is -2.19. The molecular formula is C10H19ClN4. The molecule has 0 spiro atoms. The molecule has 86 valence electrons. The van der Waals surface area contributed by atoms with Crippen LogP contribution in [0.3, 0.4) is 0 Å². The zero-order valence-corrected chi connectivity index (χ0v) is 10.4. The average molecular weight is 231 g/mol. The molecule has 1 rings (SSSR count). The third-order valence-electron chi connectivity index (χ3n) is 2.51. The summed E-state index contributed by atoms with van der Waals surface area (Å²) >= 11 is 6.22. The van der Waals surface area contributed by atoms with E-state index in [4.69, 9.17) is 17.3 Å². The van der Waals surface area contributed by atoms with Crippen molar-refractivity contribution in [3.63, 3.8) is 0 Å². The molecule has 0 aliphatic carbocycles. The fraction of sp³-hybridized carbons (Fsp3) is 0.700. The molecule has 0 atom stereocenters. The largest absolute Gasteiger partial charge is 0.325 e. The maximum absolute atomic E-state index is 6.22. The van der Waals surface area contributed by atoms with E-state index in [9.17, 15) is 0 Å². The molecule has 0 aliphatic heterocycles. The van der Waals surface area contributed by atoms with Gasteiger partial charge in [-0.3, -0.25) is 4.68 Å². The summed E-state index contributed by atoms with van der Waals surface area (Å²) in [4.78, 5) is 2.19. The van der Waals surface area contributed by atoms with Crippen LogP contribution in [0.25, 0.3) is 0 Å². The molecule has 5 heteroatoms. The van der Waals surface area contributed by atoms with Gasteiger partial charge in [-0.05, 0) is 20.5 Å². The maximum atomic E-state index is 6.22. The van der Waals surface area contributed by atoms with Gasteiger partial charge in [0.1, 0.15) is 0 Å². The quantitative estimate of drug-likeness (QED) is 0.834. The summed E-state index contributed by atoms with van der Waals surface area (Å²) in [5.41, 5.74) is 7.43. The monoisotopic (exact) mass is 230 g/mol. The molecule has 2 N–H and O–H groups in total. The van der Waals surface area contributed by atoms with Gasteiger partial charge in [0, 0.05) is 19.6 Å². The first-order chi connectivity index (χ1) is 7.13. The highest BCUT2D eigenvalue weighted by Gasteiger charge is 2.15. The van der Waals surface area contributed by atoms with Crippen molar-refractivity contribution in [3.05, 3.63) is 16.4 Å². The van der Waals surface area contributed by atoms with E-state index in [0.717, 1.165) is 36.0 Å². The minimum absolute atomic E-state index is 0.397. The molecule has 0 radical (unpaired) electrons. The van der Waals surface area contributed by atoms with E-state index in [-0.39, 0.29) is 0 Å². The van der Waals surface area contributed by atoms with Crippen LogP contribution in [0.15, 0.2) is 0 Å². The first-order valence-corrected chi connectivity index (χ1v) is 5.64. The van der Waals surface area contributed by atoms with E-state index >= 15 is 0 Å². The van der Waals surface area contributed by atoms with E-state index in [2.05, 4.69) is 30.9 Å². The molecule has 0 aliphatic rings. The molecule has 1 heterocycles. The number of nitrogens with two attached hydrogens (primary N) is 1. The van der Waals surface area contributed by atoms with Crippen molar-refractivity contribution in [1.82, 2.24) is 14.7 Å². The maximum Gasteiger partial charge on any atom is 0.0949 e. The van der Waals surface area contributed by atoms with Crippen LogP contribution in [0.1, 0.15) is 25.2 Å². The highest BCUT2D eigenvalue weighted by molar-refractivity contribution is 6.31. The second-order valence-corrected chi connectivity index (χ2v) is 3.94. The van der Waals surface area contributed by atoms with Crippen molar-refractivity contribution in [3.8, 4) is 0 Å². The van der Waals surface area contributed by atoms with Crippen molar-refractivity contribution in [1.29, 1.82) is 0 Å². The Morgan fingerprint density at radius 1 is 1.47 bits per heavy atom. The number of rotatable bonds is 5. The van der Waals surface area contributed by atoms with Gasteiger partial charge in [0.25, 0.3) is 0 Å². The van der Waals surface area contributed by atoms with Gasteiger partial charge in [-0.2, -0.15) is 5.10 Å². The minimum atomic E-state index is 0.397. The fourth-order valence-corrected chi connectivity index (χ4v) is 1.71. The third-order valence-corrected chi connectivity index (χ3v) is 2.95. The average Bonchev–Trinajstić information content (AvgIpc) is 2.55. The molecule has 0 amide bonds. The van der Waals surface area contributed by atoms with Gasteiger partial charge in [0.05, 0.1) is 16.4 Å². The Kier molecular flexibility index (Phi) is 4.57. The first kappa shape index (κ1) is 12.5. The van der Waals surface area contributed by atoms with Crippen LogP contribution < -0.4 is 5.73 Å². The Hall–Kier alpha value is -0.580. The lowest BCUT2D eigenvalue weighted by Gasteiger charge is -2.14. The number of halogens is 1. The topological polar surface area (TPSA) is 47.1 Å². The lowest BCUT2D eigenvalue weighted by molar-refractivity contribution is 0.332. The predicted octanol–water partition coefficient (Wildman–Crippen LogP) is 1.47. The van der Waals surface area contributed by atoms with Gasteiger partial charge in [0.15, 0.2) is 0 Å². The fourth-order valence-electron chi connectivity index (χ4n) is 1.44. The van der Waals surface area contributed by atoms with E-state index in [1.807, 2.05) is 4.68 Å². The van der Waals surface area contributed by atoms with Crippen LogP contribution in [0.5, 0.6) is 0 Å². The van der Waals surface area contributed by atoms with Gasteiger partial charge < -0.3 is 10.6 Å². The van der Waals surface area contributed by atoms with Crippen molar-refractivity contribution < 1.29 is 0 Å². The SMILES string of the molecule is CCN(C)Cc1c(Cl)c(CN)nn1CC. The number of hydrogen-bond donors (Lipinski definition) is 1. The normalized spacial score (nSPS) is 11.3. The van der Waals surface area contributed by atoms with Crippen LogP contribution in [0.2, 0.25) is 5.02 Å². The molecule has 1 aromatic rings. The molecule has 15 heavy (non-hydrogen) atoms. The van der Waals surface area contributed by atoms with Crippen molar-refractivity contribution in [2.45, 2.75) is 33.5 Å². The number of nitrogens with zero attached hydrogens (tertiary/aromatic N) is 3. The van der Waals surface area contributed by atoms with E-state index < -0.39 is 0 Å². The van der Waals surface area contributed by atoms with Crippen LogP contribution >= 0.6 is 11.6 Å². The summed E-state index contributed by atoms with van der Waals surface area (Å²) in [6.45, 7) is 7.20. The van der Waals surface area contributed by atoms with Crippen LogP contribution in [0.4, 0.5) is 0 Å². The molecule has 4 nitrogen and oxygen atoms in total. The van der Waals surface area contributed by atoms with Crippen molar-refractivity contribution >= 4 is 11.6 Å². The summed E-state index contributed by atoms with van der Waals surface area (Å²) in [6, 6.07) is 0. The van der Waals surface area contributed by atoms with E-state index in [0.29, 0.717) is 6.54 Å². The molecule has 0 saturated heterocycles. The summed E-state index contributed by atoms with van der Waals surface area (Å²) in [5, 5.41) is 5.09. The minimum Gasteiger partial charge on any atom is -0.325 e. The zero-order valence-electron chi connectivity index (χ0n) is 9.63. The van der Waals surface area contributed by atoms with Gasteiger partial charge in [-0.25, -0.2) is 0 Å². The summed E-state index contributed by atoms with van der Waals surface area (Å²) < 4.78 is 1.93. The number of aromatic nitrogens is 2. The standard InChI is InChI=1S/C10H19ClN4/c1-4-14(3)7-9-10(11)8(6-12)13-15(9)5-2/h4-7,12H2,1-3H3. The Bertz CT molecular complexity index is 321. The third kappa shape index (κ3) is 2.71. The van der Waals surface area contributed by atoms with Crippen LogP contribution in [-0.4, -0.2) is 28.3 Å². The van der Waals surface area contributed by atoms with E-state index in [1.165, 1.54) is 0 Å². The lowest BCUT2D eigenvalue weighted by atomic mass is 10.3. The highest BCUT2D eigenvalue weighted by atomic mass is 35.5. The van der Waals surface area contributed by atoms with Crippen LogP contribution in [0, 0.1) is 0 Å². The second-order valence-electron chi connectivity index (χ2n) is 3.56. The van der Waals surface area contributed by atoms with Crippen molar-refractivity contribution in [2.24, 2.45) is 5.73 Å². The summed E-state index contributed by atoms with van der Waals surface area (Å²) in [7, 11) is 2.06. The Morgan fingerprint density at radius 3 is 2.60 bits per heavy atom. The zero-order chi connectivity index (χ0) is 11.4. The summed E-state index contributed by atoms with van der Waals surface area (Å²) in [5.74, 6) is 0. The van der Waals surface area contributed by atoms with Crippen LogP contribution in [-0.2, 0) is 19.6 Å². The Labute approximate surface area is 96.0 Å². The molecule has 0 saturated carbocycles. The Balaban J connectivity index is 2.97. The number of aryl methyl sites for hydroxylation is 1. The van der Waals surface area contributed by atoms with Gasteiger partial charge >= 0.3 is 0 Å². The number of hydrogen-bond acceptors (Lipinski definition) is 3. The molecule has 0 fully saturated rings. The van der Waals surface area contributed by atoms with Gasteiger partial charge in [0.2, 0.25) is 0 Å². The van der Waals surface area contributed by atoms with Gasteiger partial charge in [-0.1, -0.05) is 18.5 Å². The van der Waals surface area contributed by atoms with Crippen molar-refractivity contribution in [2.75, 3.05) is 13.6 Å². The first-order valence-electron chi connectivity index (χ1n) is 5.26.